The molecular weight excluding hydrogens is 404 g/mol. The van der Waals surface area contributed by atoms with Crippen molar-refractivity contribution in [2.45, 2.75) is 18.9 Å². The number of hydrogen-bond acceptors (Lipinski definition) is 3. The van der Waals surface area contributed by atoms with Crippen LogP contribution in [0.5, 0.6) is 0 Å². The number of aromatic nitrogens is 2. The second-order valence-corrected chi connectivity index (χ2v) is 7.32. The Hall–Kier alpha value is -3.00. The first-order chi connectivity index (χ1) is 13.9. The lowest BCUT2D eigenvalue weighted by molar-refractivity contribution is 0.0687. The van der Waals surface area contributed by atoms with Crippen LogP contribution < -0.4 is 11.2 Å². The Morgan fingerprint density at radius 2 is 1.83 bits per heavy atom. The Balaban J connectivity index is 1.60. The lowest BCUT2D eigenvalue weighted by atomic mass is 10.0. The average Bonchev–Trinajstić information content (AvgIpc) is 2.69. The number of carbonyl (C=O) groups excluding carboxylic acids is 1. The van der Waals surface area contributed by atoms with E-state index in [0.717, 1.165) is 10.6 Å². The Morgan fingerprint density at radius 3 is 2.52 bits per heavy atom. The quantitative estimate of drug-likeness (QED) is 0.693. The van der Waals surface area contributed by atoms with Gasteiger partial charge in [0, 0.05) is 19.1 Å². The first kappa shape index (κ1) is 19.3. The molecule has 1 aliphatic heterocycles. The zero-order valence-electron chi connectivity index (χ0n) is 15.1. The molecular formula is C20H16ClF2N3O3. The van der Waals surface area contributed by atoms with Gasteiger partial charge in [-0.25, -0.2) is 13.6 Å². The molecule has 0 bridgehead atoms. The van der Waals surface area contributed by atoms with Gasteiger partial charge in [0.25, 0.3) is 11.5 Å². The van der Waals surface area contributed by atoms with Crippen LogP contribution >= 0.6 is 11.6 Å². The molecule has 2 heterocycles. The minimum Gasteiger partial charge on any atom is -0.338 e. The highest BCUT2D eigenvalue weighted by molar-refractivity contribution is 6.33. The summed E-state index contributed by atoms with van der Waals surface area (Å²) in [7, 11) is 0. The van der Waals surface area contributed by atoms with E-state index < -0.39 is 34.8 Å². The lowest BCUT2D eigenvalue weighted by Crippen LogP contribution is -2.45. The molecule has 1 saturated heterocycles. The van der Waals surface area contributed by atoms with Crippen molar-refractivity contribution in [2.75, 3.05) is 13.1 Å². The lowest BCUT2D eigenvalue weighted by Gasteiger charge is -2.32. The second-order valence-electron chi connectivity index (χ2n) is 6.92. The predicted molar refractivity (Wildman–Crippen MR) is 104 cm³/mol. The molecule has 2 aromatic carbocycles. The molecule has 9 heteroatoms. The highest BCUT2D eigenvalue weighted by atomic mass is 35.5. The molecule has 0 radical (unpaired) electrons. The van der Waals surface area contributed by atoms with Crippen molar-refractivity contribution >= 4 is 28.4 Å². The van der Waals surface area contributed by atoms with Crippen LogP contribution in [0.4, 0.5) is 8.78 Å². The fourth-order valence-electron chi connectivity index (χ4n) is 3.72. The van der Waals surface area contributed by atoms with Gasteiger partial charge in [0.1, 0.15) is 11.6 Å². The largest absolute Gasteiger partial charge is 0.338 e. The maximum Gasteiger partial charge on any atom is 0.329 e. The minimum atomic E-state index is -0.700. The number of nitrogens with zero attached hydrogens (tertiary/aromatic N) is 2. The van der Waals surface area contributed by atoms with E-state index >= 15 is 0 Å². The van der Waals surface area contributed by atoms with Gasteiger partial charge in [0.2, 0.25) is 0 Å². The summed E-state index contributed by atoms with van der Waals surface area (Å²) in [6.45, 7) is 0.447. The standard InChI is InChI=1S/C20H16ClF2N3O3/c21-14-2-1-3-15(23)17(14)19(28)25-8-6-12(7-9-25)26-18(27)13-10-11(22)4-5-16(13)24-20(26)29/h1-5,10,12H,6-9H2,(H,24,29). The zero-order valence-corrected chi connectivity index (χ0v) is 15.9. The molecule has 1 amide bonds. The molecule has 1 N–H and O–H groups in total. The van der Waals surface area contributed by atoms with Crippen LogP contribution in [0.3, 0.4) is 0 Å². The maximum absolute atomic E-state index is 14.0. The zero-order chi connectivity index (χ0) is 20.7. The molecule has 0 saturated carbocycles. The smallest absolute Gasteiger partial charge is 0.329 e. The van der Waals surface area contributed by atoms with Gasteiger partial charge in [0.15, 0.2) is 0 Å². The number of nitrogens with one attached hydrogen (secondary N) is 1. The fourth-order valence-corrected chi connectivity index (χ4v) is 3.96. The summed E-state index contributed by atoms with van der Waals surface area (Å²) in [5.74, 6) is -1.81. The van der Waals surface area contributed by atoms with Crippen molar-refractivity contribution in [2.24, 2.45) is 0 Å². The summed E-state index contributed by atoms with van der Waals surface area (Å²) < 4.78 is 28.6. The van der Waals surface area contributed by atoms with Gasteiger partial charge in [0.05, 0.1) is 21.5 Å². The van der Waals surface area contributed by atoms with Crippen molar-refractivity contribution in [3.63, 3.8) is 0 Å². The van der Waals surface area contributed by atoms with Crippen molar-refractivity contribution < 1.29 is 13.6 Å². The minimum absolute atomic E-state index is 0.0290. The van der Waals surface area contributed by atoms with E-state index in [9.17, 15) is 23.2 Å². The molecule has 1 aliphatic rings. The van der Waals surface area contributed by atoms with E-state index in [-0.39, 0.29) is 34.6 Å². The third-order valence-corrected chi connectivity index (χ3v) is 5.50. The Labute approximate surface area is 168 Å². The summed E-state index contributed by atoms with van der Waals surface area (Å²) in [6.07, 6.45) is 0.642. The van der Waals surface area contributed by atoms with Gasteiger partial charge in [-0.15, -0.1) is 0 Å². The normalized spacial score (nSPS) is 15.1. The summed E-state index contributed by atoms with van der Waals surface area (Å²) in [6, 6.07) is 7.17. The van der Waals surface area contributed by atoms with E-state index in [1.165, 1.54) is 35.2 Å². The molecule has 0 unspecified atom stereocenters. The summed E-state index contributed by atoms with van der Waals surface area (Å²) in [4.78, 5) is 41.9. The summed E-state index contributed by atoms with van der Waals surface area (Å²) >= 11 is 5.97. The maximum atomic E-state index is 14.0. The van der Waals surface area contributed by atoms with Crippen LogP contribution in [0.15, 0.2) is 46.0 Å². The summed E-state index contributed by atoms with van der Waals surface area (Å²) in [5.41, 5.74) is -1.09. The number of rotatable bonds is 2. The first-order valence-electron chi connectivity index (χ1n) is 9.04. The van der Waals surface area contributed by atoms with Gasteiger partial charge in [-0.05, 0) is 43.2 Å². The van der Waals surface area contributed by atoms with Crippen molar-refractivity contribution in [1.82, 2.24) is 14.5 Å². The monoisotopic (exact) mass is 419 g/mol. The number of aromatic amines is 1. The van der Waals surface area contributed by atoms with Crippen LogP contribution in [-0.4, -0.2) is 33.4 Å². The predicted octanol–water partition coefficient (Wildman–Crippen LogP) is 3.10. The Bertz CT molecular complexity index is 1210. The number of likely N-dealkylation sites (tertiary alicyclic amines) is 1. The van der Waals surface area contributed by atoms with Crippen molar-refractivity contribution in [1.29, 1.82) is 0 Å². The van der Waals surface area contributed by atoms with E-state index in [2.05, 4.69) is 4.98 Å². The van der Waals surface area contributed by atoms with Gasteiger partial charge >= 0.3 is 5.69 Å². The number of piperidine rings is 1. The average molecular weight is 420 g/mol. The molecule has 29 heavy (non-hydrogen) atoms. The number of fused-ring (bicyclic) bond motifs is 1. The summed E-state index contributed by atoms with van der Waals surface area (Å²) in [5, 5.41) is 0.114. The van der Waals surface area contributed by atoms with E-state index in [0.29, 0.717) is 12.8 Å². The molecule has 150 valence electrons. The van der Waals surface area contributed by atoms with Crippen LogP contribution in [-0.2, 0) is 0 Å². The highest BCUT2D eigenvalue weighted by Gasteiger charge is 2.29. The van der Waals surface area contributed by atoms with Crippen LogP contribution in [0.25, 0.3) is 10.9 Å². The number of halogens is 3. The van der Waals surface area contributed by atoms with E-state index in [4.69, 9.17) is 11.6 Å². The molecule has 0 atom stereocenters. The van der Waals surface area contributed by atoms with Gasteiger partial charge in [-0.2, -0.15) is 0 Å². The van der Waals surface area contributed by atoms with Gasteiger partial charge in [-0.3, -0.25) is 14.2 Å². The molecule has 6 nitrogen and oxygen atoms in total. The van der Waals surface area contributed by atoms with Crippen molar-refractivity contribution in [3.05, 3.63) is 79.5 Å². The molecule has 4 rings (SSSR count). The fraction of sp³-hybridized carbons (Fsp3) is 0.250. The topological polar surface area (TPSA) is 75.2 Å². The molecule has 1 aromatic heterocycles. The van der Waals surface area contributed by atoms with Crippen LogP contribution in [0.1, 0.15) is 29.2 Å². The van der Waals surface area contributed by atoms with Crippen LogP contribution in [0.2, 0.25) is 5.02 Å². The number of hydrogen-bond donors (Lipinski definition) is 1. The SMILES string of the molecule is O=C(c1c(F)cccc1Cl)N1CCC(n2c(=O)[nH]c3ccc(F)cc3c2=O)CC1. The Kier molecular flexibility index (Phi) is 4.96. The van der Waals surface area contributed by atoms with E-state index in [1.807, 2.05) is 0 Å². The first-order valence-corrected chi connectivity index (χ1v) is 9.42. The third-order valence-electron chi connectivity index (χ3n) is 5.18. The molecule has 0 aliphatic carbocycles. The highest BCUT2D eigenvalue weighted by Crippen LogP contribution is 2.25. The van der Waals surface area contributed by atoms with E-state index in [1.54, 1.807) is 0 Å². The number of H-pyrrole nitrogens is 1. The van der Waals surface area contributed by atoms with Gasteiger partial charge in [-0.1, -0.05) is 17.7 Å². The molecule has 3 aromatic rings. The number of carbonyl (C=O) groups is 1. The molecule has 0 spiro atoms. The number of benzene rings is 2. The second kappa shape index (κ2) is 7.44. The third kappa shape index (κ3) is 3.44. The Morgan fingerprint density at radius 1 is 1.10 bits per heavy atom. The van der Waals surface area contributed by atoms with Crippen LogP contribution in [0, 0.1) is 11.6 Å². The van der Waals surface area contributed by atoms with Crippen molar-refractivity contribution in [3.8, 4) is 0 Å². The number of amides is 1. The van der Waals surface area contributed by atoms with Gasteiger partial charge < -0.3 is 9.88 Å². The molecule has 1 fully saturated rings.